The number of hydrogen-bond donors (Lipinski definition) is 1. The van der Waals surface area contributed by atoms with Gasteiger partial charge < -0.3 is 23.7 Å². The first-order valence-corrected chi connectivity index (χ1v) is 16.3. The van der Waals surface area contributed by atoms with Crippen molar-refractivity contribution >= 4 is 24.7 Å². The Labute approximate surface area is 240 Å². The molecule has 40 heavy (non-hydrogen) atoms. The molecule has 1 aliphatic heterocycles. The van der Waals surface area contributed by atoms with Crippen LogP contribution in [0.25, 0.3) is 0 Å². The van der Waals surface area contributed by atoms with E-state index in [-0.39, 0.29) is 24.4 Å². The van der Waals surface area contributed by atoms with Gasteiger partial charge in [-0.05, 0) is 61.0 Å². The van der Waals surface area contributed by atoms with Crippen LogP contribution >= 0.6 is 0 Å². The first kappa shape index (κ1) is 30.7. The normalized spacial score (nSPS) is 25.7. The van der Waals surface area contributed by atoms with Gasteiger partial charge in [-0.15, -0.1) is 0 Å². The van der Waals surface area contributed by atoms with Gasteiger partial charge in [-0.25, -0.2) is 0 Å². The van der Waals surface area contributed by atoms with Crippen molar-refractivity contribution in [2.75, 3.05) is 27.1 Å². The highest BCUT2D eigenvalue weighted by Gasteiger charge is 2.67. The smallest absolute Gasteiger partial charge is 0.315 e. The predicted molar refractivity (Wildman–Crippen MR) is 160 cm³/mol. The van der Waals surface area contributed by atoms with Gasteiger partial charge in [0.05, 0.1) is 18.1 Å². The molecule has 0 radical (unpaired) electrons. The minimum atomic E-state index is -2.67. The Balaban J connectivity index is 1.56. The molecule has 6 nitrogen and oxygen atoms in total. The molecule has 1 fully saturated rings. The van der Waals surface area contributed by atoms with Crippen LogP contribution in [0.3, 0.4) is 0 Å². The average Bonchev–Trinajstić information content (AvgIpc) is 3.15. The Morgan fingerprint density at radius 2 is 1.68 bits per heavy atom. The number of aliphatic hydroxyl groups excluding tert-OH is 1. The molecule has 0 amide bonds. The van der Waals surface area contributed by atoms with Crippen LogP contribution in [0.5, 0.6) is 0 Å². The molecule has 1 saturated heterocycles. The van der Waals surface area contributed by atoms with Crippen molar-refractivity contribution in [2.45, 2.75) is 77.5 Å². The van der Waals surface area contributed by atoms with E-state index in [1.807, 2.05) is 25.1 Å². The fraction of sp³-hybridized carbons (Fsp3) is 0.545. The van der Waals surface area contributed by atoms with Gasteiger partial charge in [0.15, 0.2) is 0 Å². The van der Waals surface area contributed by atoms with E-state index < -0.39 is 31.4 Å². The molecule has 0 saturated carbocycles. The fourth-order valence-electron chi connectivity index (χ4n) is 6.84. The van der Waals surface area contributed by atoms with Crippen molar-refractivity contribution < 1.29 is 28.5 Å². The largest absolute Gasteiger partial charge is 0.457 e. The number of methoxy groups -OCH3 is 1. The summed E-state index contributed by atoms with van der Waals surface area (Å²) in [6.45, 7) is 11.6. The number of ether oxygens (including phenoxy) is 3. The van der Waals surface area contributed by atoms with Crippen LogP contribution in [-0.2, 0) is 23.4 Å². The summed E-state index contributed by atoms with van der Waals surface area (Å²) in [6, 6.07) is 21.1. The maximum absolute atomic E-state index is 13.4. The number of allylic oxidation sites excluding steroid dienone is 1. The molecular weight excluding hydrogens is 520 g/mol. The van der Waals surface area contributed by atoms with Crippen LogP contribution in [0.15, 0.2) is 72.3 Å². The Hall–Kier alpha value is -2.29. The molecule has 0 aromatic heterocycles. The number of hydrogen-bond acceptors (Lipinski definition) is 6. The zero-order chi connectivity index (χ0) is 29.0. The minimum Gasteiger partial charge on any atom is -0.457 e. The molecule has 0 spiro atoms. The molecule has 4 atom stereocenters. The molecule has 7 heteroatoms. The second-order valence-corrected chi connectivity index (χ2v) is 16.9. The summed E-state index contributed by atoms with van der Waals surface area (Å²) in [5, 5.41) is 14.0. The summed E-state index contributed by atoms with van der Waals surface area (Å²) in [4.78, 5) is 13.4. The van der Waals surface area contributed by atoms with Crippen molar-refractivity contribution in [3.8, 4) is 0 Å². The quantitative estimate of drug-likeness (QED) is 0.128. The highest BCUT2D eigenvalue weighted by molar-refractivity contribution is 6.99. The van der Waals surface area contributed by atoms with E-state index >= 15 is 0 Å². The van der Waals surface area contributed by atoms with Crippen LogP contribution in [0, 0.1) is 10.8 Å². The molecule has 4 rings (SSSR count). The maximum Gasteiger partial charge on any atom is 0.315 e. The van der Waals surface area contributed by atoms with Gasteiger partial charge in [-0.1, -0.05) is 87.0 Å². The van der Waals surface area contributed by atoms with Gasteiger partial charge in [-0.2, -0.15) is 0 Å². The molecular formula is C33H46O6Si. The van der Waals surface area contributed by atoms with E-state index in [2.05, 4.69) is 76.2 Å². The van der Waals surface area contributed by atoms with E-state index in [1.54, 1.807) is 7.11 Å². The van der Waals surface area contributed by atoms with E-state index in [4.69, 9.17) is 18.6 Å². The number of esters is 1. The second kappa shape index (κ2) is 12.3. The van der Waals surface area contributed by atoms with Crippen LogP contribution < -0.4 is 10.4 Å². The molecule has 0 unspecified atom stereocenters. The minimum absolute atomic E-state index is 0.127. The SMILES string of the molecule is COCOC[C@]12CCC(C)=C[C@H]1OC(=O)[C@]2(C)[C@H](O)CCCO[Si](c1ccccc1)(c1ccccc1)C(C)(C)C. The number of rotatable bonds is 12. The summed E-state index contributed by atoms with van der Waals surface area (Å²) in [7, 11) is -1.09. The summed E-state index contributed by atoms with van der Waals surface area (Å²) < 4.78 is 23.9. The third-order valence-corrected chi connectivity index (χ3v) is 14.3. The Morgan fingerprint density at radius 1 is 1.07 bits per heavy atom. The lowest BCUT2D eigenvalue weighted by molar-refractivity contribution is -0.158. The van der Waals surface area contributed by atoms with Gasteiger partial charge in [0.25, 0.3) is 8.32 Å². The highest BCUT2D eigenvalue weighted by Crippen LogP contribution is 2.58. The monoisotopic (exact) mass is 566 g/mol. The standard InChI is InChI=1S/C33H46O6Si/c1-25-19-20-33(23-37-24-36-6)29(22-25)39-30(35)32(33,5)28(34)18-13-21-38-40(31(2,3)4,26-14-9-7-10-15-26)27-16-11-8-12-17-27/h7-12,14-17,22,28-29,34H,13,18-21,23-24H2,1-6H3/t28-,29-,32+,33-/m1/s1. The number of carbonyl (C=O) groups is 1. The topological polar surface area (TPSA) is 74.2 Å². The number of carbonyl (C=O) groups excluding carboxylic acids is 1. The van der Waals surface area contributed by atoms with E-state index in [9.17, 15) is 9.90 Å². The van der Waals surface area contributed by atoms with Crippen molar-refractivity contribution in [3.05, 3.63) is 72.3 Å². The van der Waals surface area contributed by atoms with Crippen LogP contribution in [0.4, 0.5) is 0 Å². The molecule has 218 valence electrons. The van der Waals surface area contributed by atoms with E-state index in [1.165, 1.54) is 15.9 Å². The van der Waals surface area contributed by atoms with Gasteiger partial charge in [0.2, 0.25) is 0 Å². The van der Waals surface area contributed by atoms with Crippen LogP contribution in [-0.4, -0.2) is 58.7 Å². The average molecular weight is 567 g/mol. The number of benzene rings is 2. The summed E-state index contributed by atoms with van der Waals surface area (Å²) in [6.07, 6.45) is 3.30. The van der Waals surface area contributed by atoms with Crippen molar-refractivity contribution in [1.82, 2.24) is 0 Å². The Morgan fingerprint density at radius 3 is 2.23 bits per heavy atom. The van der Waals surface area contributed by atoms with Crippen molar-refractivity contribution in [3.63, 3.8) is 0 Å². The lowest BCUT2D eigenvalue weighted by Crippen LogP contribution is -2.66. The Kier molecular flexibility index (Phi) is 9.42. The first-order valence-electron chi connectivity index (χ1n) is 14.4. The summed E-state index contributed by atoms with van der Waals surface area (Å²) in [5.74, 6) is -0.357. The summed E-state index contributed by atoms with van der Waals surface area (Å²) in [5.41, 5.74) is -0.557. The van der Waals surface area contributed by atoms with Gasteiger partial charge in [0, 0.05) is 13.7 Å². The van der Waals surface area contributed by atoms with Crippen molar-refractivity contribution in [1.29, 1.82) is 0 Å². The van der Waals surface area contributed by atoms with Crippen LogP contribution in [0.2, 0.25) is 5.04 Å². The number of aliphatic hydroxyl groups is 1. The second-order valence-electron chi connectivity index (χ2n) is 12.6. The van der Waals surface area contributed by atoms with Crippen molar-refractivity contribution in [2.24, 2.45) is 10.8 Å². The van der Waals surface area contributed by atoms with E-state index in [0.717, 1.165) is 6.42 Å². The molecule has 0 bridgehead atoms. The summed E-state index contributed by atoms with van der Waals surface area (Å²) >= 11 is 0. The first-order chi connectivity index (χ1) is 19.0. The molecule has 2 aromatic carbocycles. The van der Waals surface area contributed by atoms with E-state index in [0.29, 0.717) is 25.9 Å². The van der Waals surface area contributed by atoms with Gasteiger partial charge >= 0.3 is 5.97 Å². The third kappa shape index (κ3) is 5.34. The maximum atomic E-state index is 13.4. The predicted octanol–water partition coefficient (Wildman–Crippen LogP) is 4.98. The van der Waals surface area contributed by atoms with Crippen LogP contribution in [0.1, 0.15) is 60.3 Å². The lowest BCUT2D eigenvalue weighted by atomic mass is 9.56. The molecule has 2 aliphatic rings. The molecule has 1 aliphatic carbocycles. The van der Waals surface area contributed by atoms with Gasteiger partial charge in [0.1, 0.15) is 18.3 Å². The number of fused-ring (bicyclic) bond motifs is 1. The lowest BCUT2D eigenvalue weighted by Gasteiger charge is -2.46. The fourth-order valence-corrected chi connectivity index (χ4v) is 11.4. The zero-order valence-corrected chi connectivity index (χ0v) is 25.9. The zero-order valence-electron chi connectivity index (χ0n) is 24.9. The molecule has 1 N–H and O–H groups in total. The highest BCUT2D eigenvalue weighted by atomic mass is 28.4. The van der Waals surface area contributed by atoms with Gasteiger partial charge in [-0.3, -0.25) is 4.79 Å². The Bertz CT molecular complexity index is 1120. The molecule has 2 aromatic rings. The third-order valence-electron chi connectivity index (χ3n) is 9.22. The molecule has 1 heterocycles.